The number of carbonyl (C=O) groups excluding carboxylic acids is 1. The van der Waals surface area contributed by atoms with Crippen LogP contribution in [0.25, 0.3) is 0 Å². The van der Waals surface area contributed by atoms with E-state index in [-0.39, 0.29) is 11.3 Å². The van der Waals surface area contributed by atoms with Crippen LogP contribution in [-0.2, 0) is 11.3 Å². The fourth-order valence-corrected chi connectivity index (χ4v) is 3.74. The number of aromatic nitrogens is 1. The first-order valence-corrected chi connectivity index (χ1v) is 10.8. The van der Waals surface area contributed by atoms with Gasteiger partial charge in [-0.2, -0.15) is 0 Å². The topological polar surface area (TPSA) is 78.9 Å². The molecule has 1 aliphatic rings. The molecule has 0 saturated heterocycles. The predicted molar refractivity (Wildman–Crippen MR) is 117 cm³/mol. The number of guanidine groups is 1. The standard InChI is InChI=1S/C22H37N5O2/c1-5-7-15-29-19-18(11-10-14-24-19)16-25-21(23-6-2)26-17-22(12-8-9-13-22)20(28)27(3)4/h10-11,14H,5-9,12-13,15-17H2,1-4H3,(H2,23,25,26). The highest BCUT2D eigenvalue weighted by atomic mass is 16.5. The van der Waals surface area contributed by atoms with Crippen molar-refractivity contribution >= 4 is 11.9 Å². The molecule has 1 aromatic rings. The molecule has 1 aliphatic carbocycles. The summed E-state index contributed by atoms with van der Waals surface area (Å²) in [6, 6.07) is 3.90. The maximum atomic E-state index is 12.8. The third-order valence-corrected chi connectivity index (χ3v) is 5.35. The highest BCUT2D eigenvalue weighted by molar-refractivity contribution is 5.85. The van der Waals surface area contributed by atoms with Crippen molar-refractivity contribution in [3.63, 3.8) is 0 Å². The van der Waals surface area contributed by atoms with Crippen molar-refractivity contribution in [1.29, 1.82) is 0 Å². The van der Waals surface area contributed by atoms with Gasteiger partial charge in [-0.25, -0.2) is 9.98 Å². The second kappa shape index (κ2) is 11.6. The van der Waals surface area contributed by atoms with E-state index in [0.29, 0.717) is 31.5 Å². The van der Waals surface area contributed by atoms with Crippen molar-refractivity contribution in [3.8, 4) is 5.88 Å². The smallest absolute Gasteiger partial charge is 0.230 e. The summed E-state index contributed by atoms with van der Waals surface area (Å²) in [4.78, 5) is 23.6. The normalized spacial score (nSPS) is 15.8. The van der Waals surface area contributed by atoms with Gasteiger partial charge in [0.2, 0.25) is 11.8 Å². The maximum absolute atomic E-state index is 12.8. The van der Waals surface area contributed by atoms with Gasteiger partial charge in [-0.05, 0) is 32.3 Å². The zero-order valence-corrected chi connectivity index (χ0v) is 18.5. The summed E-state index contributed by atoms with van der Waals surface area (Å²) in [5.74, 6) is 1.57. The van der Waals surface area contributed by atoms with E-state index in [2.05, 4.69) is 22.5 Å². The number of aliphatic imine (C=N–C) groups is 1. The lowest BCUT2D eigenvalue weighted by molar-refractivity contribution is -0.138. The average molecular weight is 404 g/mol. The second-order valence-electron chi connectivity index (χ2n) is 7.91. The summed E-state index contributed by atoms with van der Waals surface area (Å²) >= 11 is 0. The zero-order valence-electron chi connectivity index (χ0n) is 18.5. The van der Waals surface area contributed by atoms with Gasteiger partial charge in [-0.3, -0.25) is 4.79 Å². The summed E-state index contributed by atoms with van der Waals surface area (Å²) in [7, 11) is 3.67. The Balaban J connectivity index is 2.06. The lowest BCUT2D eigenvalue weighted by atomic mass is 9.84. The molecule has 0 aromatic carbocycles. The molecule has 1 saturated carbocycles. The van der Waals surface area contributed by atoms with Gasteiger partial charge in [0.15, 0.2) is 5.96 Å². The number of hydrogen-bond acceptors (Lipinski definition) is 4. The molecule has 2 N–H and O–H groups in total. The Labute approximate surface area is 175 Å². The zero-order chi connectivity index (χ0) is 21.1. The van der Waals surface area contributed by atoms with Crippen molar-refractivity contribution < 1.29 is 9.53 Å². The Kier molecular flexibility index (Phi) is 9.22. The number of ether oxygens (including phenoxy) is 1. The number of hydrogen-bond donors (Lipinski definition) is 2. The van der Waals surface area contributed by atoms with Crippen LogP contribution in [0.3, 0.4) is 0 Å². The monoisotopic (exact) mass is 403 g/mol. The summed E-state index contributed by atoms with van der Waals surface area (Å²) < 4.78 is 5.81. The summed E-state index contributed by atoms with van der Waals surface area (Å²) in [5.41, 5.74) is 0.628. The number of amides is 1. The third kappa shape index (κ3) is 6.61. The van der Waals surface area contributed by atoms with Crippen LogP contribution < -0.4 is 15.4 Å². The summed E-state index contributed by atoms with van der Waals surface area (Å²) in [6.45, 7) is 6.67. The van der Waals surface area contributed by atoms with Gasteiger partial charge in [0, 0.05) is 38.9 Å². The molecule has 0 spiro atoms. The third-order valence-electron chi connectivity index (χ3n) is 5.35. The summed E-state index contributed by atoms with van der Waals surface area (Å²) in [5, 5.41) is 6.70. The minimum atomic E-state index is -0.331. The lowest BCUT2D eigenvalue weighted by Crippen LogP contribution is -2.49. The van der Waals surface area contributed by atoms with Crippen molar-refractivity contribution in [2.24, 2.45) is 10.4 Å². The molecule has 1 heterocycles. The molecule has 7 nitrogen and oxygen atoms in total. The van der Waals surface area contributed by atoms with Crippen LogP contribution in [0, 0.1) is 5.41 Å². The van der Waals surface area contributed by atoms with Crippen LogP contribution in [0.1, 0.15) is 57.9 Å². The molecule has 2 rings (SSSR count). The molecule has 0 bridgehead atoms. The first-order valence-electron chi connectivity index (χ1n) is 10.8. The van der Waals surface area contributed by atoms with E-state index >= 15 is 0 Å². The molecule has 1 amide bonds. The number of nitrogens with one attached hydrogen (secondary N) is 2. The Hall–Kier alpha value is -2.31. The first kappa shape index (κ1) is 23.0. The Morgan fingerprint density at radius 1 is 1.28 bits per heavy atom. The second-order valence-corrected chi connectivity index (χ2v) is 7.91. The minimum Gasteiger partial charge on any atom is -0.477 e. The quantitative estimate of drug-likeness (QED) is 0.357. The van der Waals surface area contributed by atoms with Crippen LogP contribution in [0.2, 0.25) is 0 Å². The predicted octanol–water partition coefficient (Wildman–Crippen LogP) is 2.96. The van der Waals surface area contributed by atoms with Gasteiger partial charge in [-0.1, -0.05) is 32.3 Å². The van der Waals surface area contributed by atoms with E-state index in [1.54, 1.807) is 11.1 Å². The van der Waals surface area contributed by atoms with E-state index in [1.165, 1.54) is 0 Å². The number of unbranched alkanes of at least 4 members (excludes halogenated alkanes) is 1. The van der Waals surface area contributed by atoms with Crippen molar-refractivity contribution in [3.05, 3.63) is 23.9 Å². The Bertz CT molecular complexity index is 669. The highest BCUT2D eigenvalue weighted by Gasteiger charge is 2.42. The molecule has 1 aromatic heterocycles. The van der Waals surface area contributed by atoms with E-state index in [9.17, 15) is 4.79 Å². The van der Waals surface area contributed by atoms with E-state index in [4.69, 9.17) is 9.73 Å². The van der Waals surface area contributed by atoms with Crippen LogP contribution in [-0.4, -0.2) is 55.5 Å². The Morgan fingerprint density at radius 3 is 2.69 bits per heavy atom. The van der Waals surface area contributed by atoms with Gasteiger partial charge >= 0.3 is 0 Å². The van der Waals surface area contributed by atoms with Gasteiger partial charge in [0.25, 0.3) is 0 Å². The SMILES string of the molecule is CCCCOc1ncccc1CN=C(NCC)NCC1(C(=O)N(C)C)CCCC1. The lowest BCUT2D eigenvalue weighted by Gasteiger charge is -2.31. The van der Waals surface area contributed by atoms with Gasteiger partial charge < -0.3 is 20.3 Å². The average Bonchev–Trinajstić information content (AvgIpc) is 3.20. The van der Waals surface area contributed by atoms with E-state index < -0.39 is 0 Å². The van der Waals surface area contributed by atoms with Crippen molar-refractivity contribution in [2.45, 2.75) is 58.9 Å². The summed E-state index contributed by atoms with van der Waals surface area (Å²) in [6.07, 6.45) is 7.89. The molecule has 162 valence electrons. The van der Waals surface area contributed by atoms with Crippen LogP contribution >= 0.6 is 0 Å². The van der Waals surface area contributed by atoms with Gasteiger partial charge in [-0.15, -0.1) is 0 Å². The highest BCUT2D eigenvalue weighted by Crippen LogP contribution is 2.38. The van der Waals surface area contributed by atoms with E-state index in [1.807, 2.05) is 33.2 Å². The van der Waals surface area contributed by atoms with Crippen LogP contribution in [0.4, 0.5) is 0 Å². The molecule has 0 aliphatic heterocycles. The van der Waals surface area contributed by atoms with Crippen LogP contribution in [0.5, 0.6) is 5.88 Å². The van der Waals surface area contributed by atoms with Crippen molar-refractivity contribution in [1.82, 2.24) is 20.5 Å². The molecular formula is C22H37N5O2. The first-order chi connectivity index (χ1) is 14.0. The maximum Gasteiger partial charge on any atom is 0.230 e. The molecular weight excluding hydrogens is 366 g/mol. The van der Waals surface area contributed by atoms with E-state index in [0.717, 1.165) is 50.6 Å². The largest absolute Gasteiger partial charge is 0.477 e. The fraction of sp³-hybridized carbons (Fsp3) is 0.682. The minimum absolute atomic E-state index is 0.206. The number of carbonyl (C=O) groups is 1. The van der Waals surface area contributed by atoms with Crippen molar-refractivity contribution in [2.75, 3.05) is 33.8 Å². The Morgan fingerprint density at radius 2 is 2.03 bits per heavy atom. The molecule has 0 unspecified atom stereocenters. The molecule has 29 heavy (non-hydrogen) atoms. The van der Waals surface area contributed by atoms with Gasteiger partial charge in [0.1, 0.15) is 0 Å². The fourth-order valence-electron chi connectivity index (χ4n) is 3.74. The number of nitrogens with zero attached hydrogens (tertiary/aromatic N) is 3. The molecule has 0 radical (unpaired) electrons. The molecule has 1 fully saturated rings. The molecule has 7 heteroatoms. The molecule has 0 atom stereocenters. The van der Waals surface area contributed by atoms with Gasteiger partial charge in [0.05, 0.1) is 18.6 Å². The number of pyridine rings is 1. The number of rotatable bonds is 10. The van der Waals surface area contributed by atoms with Crippen LogP contribution in [0.15, 0.2) is 23.3 Å².